The Labute approximate surface area is 196 Å². The molecule has 0 aliphatic carbocycles. The SMILES string of the molecule is CN1CCC(C)(O)C1.Cc1oc2cc(Oc3ccnn4cc(C=O)c(C)c34)ccc2c1C(N)=O. The lowest BCUT2D eigenvalue weighted by Gasteiger charge is -2.14. The third kappa shape index (κ3) is 4.52. The Hall–Kier alpha value is -3.69. The summed E-state index contributed by atoms with van der Waals surface area (Å²) in [5.41, 5.74) is 7.94. The van der Waals surface area contributed by atoms with Gasteiger partial charge in [0.25, 0.3) is 5.91 Å². The molecular weight excluding hydrogens is 436 g/mol. The van der Waals surface area contributed by atoms with Gasteiger partial charge in [-0.05, 0) is 51.9 Å². The number of aromatic nitrogens is 2. The maximum atomic E-state index is 11.6. The number of β-amino-alcohol motifs (C(OH)–C–C–N with tert-alkyl or cyclic N) is 1. The summed E-state index contributed by atoms with van der Waals surface area (Å²) in [7, 11) is 2.03. The summed E-state index contributed by atoms with van der Waals surface area (Å²) >= 11 is 0. The minimum absolute atomic E-state index is 0.371. The number of aldehydes is 1. The highest BCUT2D eigenvalue weighted by atomic mass is 16.5. The van der Waals surface area contributed by atoms with E-state index in [4.69, 9.17) is 14.9 Å². The molecule has 3 N–H and O–H groups in total. The van der Waals surface area contributed by atoms with E-state index >= 15 is 0 Å². The molecule has 1 saturated heterocycles. The molecular formula is C25H28N4O5. The molecule has 1 amide bonds. The first-order valence-corrected chi connectivity index (χ1v) is 10.9. The van der Waals surface area contributed by atoms with Crippen LogP contribution >= 0.6 is 0 Å². The van der Waals surface area contributed by atoms with Crippen molar-refractivity contribution in [3.8, 4) is 11.5 Å². The van der Waals surface area contributed by atoms with Crippen LogP contribution in [0.15, 0.2) is 41.1 Å². The number of likely N-dealkylation sites (tertiary alicyclic amines) is 1. The lowest BCUT2D eigenvalue weighted by molar-refractivity contribution is 0.0718. The number of ether oxygens (including phenoxy) is 1. The van der Waals surface area contributed by atoms with Gasteiger partial charge < -0.3 is 24.9 Å². The Morgan fingerprint density at radius 2 is 2.09 bits per heavy atom. The number of fused-ring (bicyclic) bond motifs is 2. The van der Waals surface area contributed by atoms with Gasteiger partial charge in [-0.2, -0.15) is 5.10 Å². The zero-order valence-electron chi connectivity index (χ0n) is 19.7. The molecule has 1 aromatic carbocycles. The van der Waals surface area contributed by atoms with Crippen LogP contribution < -0.4 is 10.5 Å². The highest BCUT2D eigenvalue weighted by Gasteiger charge is 2.28. The predicted molar refractivity (Wildman–Crippen MR) is 128 cm³/mol. The minimum atomic E-state index is -0.532. The average molecular weight is 465 g/mol. The quantitative estimate of drug-likeness (QED) is 0.443. The Balaban J connectivity index is 0.000000291. The van der Waals surface area contributed by atoms with Crippen LogP contribution in [-0.4, -0.2) is 57.6 Å². The molecule has 1 aliphatic rings. The molecule has 0 spiro atoms. The first kappa shape index (κ1) is 23.5. The normalized spacial score (nSPS) is 18.1. The number of primary amides is 1. The average Bonchev–Trinajstić information content (AvgIpc) is 3.39. The number of carbonyl (C=O) groups is 2. The van der Waals surface area contributed by atoms with Crippen molar-refractivity contribution < 1.29 is 23.8 Å². The molecule has 3 aromatic heterocycles. The van der Waals surface area contributed by atoms with Gasteiger partial charge in [-0.25, -0.2) is 4.52 Å². The molecule has 1 aliphatic heterocycles. The number of aryl methyl sites for hydroxylation is 2. The maximum Gasteiger partial charge on any atom is 0.252 e. The number of amides is 1. The number of benzene rings is 1. The number of furan rings is 1. The van der Waals surface area contributed by atoms with Crippen LogP contribution in [0.1, 0.15) is 45.4 Å². The van der Waals surface area contributed by atoms with Gasteiger partial charge in [0, 0.05) is 42.4 Å². The van der Waals surface area contributed by atoms with Crippen molar-refractivity contribution in [3.05, 3.63) is 59.1 Å². The number of hydrogen-bond donors (Lipinski definition) is 2. The predicted octanol–water partition coefficient (Wildman–Crippen LogP) is 3.47. The fraction of sp³-hybridized carbons (Fsp3) is 0.320. The Bertz CT molecular complexity index is 1390. The molecule has 178 valence electrons. The summed E-state index contributed by atoms with van der Waals surface area (Å²) in [6.07, 6.45) is 4.96. The summed E-state index contributed by atoms with van der Waals surface area (Å²) in [6, 6.07) is 6.90. The third-order valence-electron chi connectivity index (χ3n) is 6.01. The Morgan fingerprint density at radius 1 is 1.32 bits per heavy atom. The standard InChI is InChI=1S/C19H15N3O4.C6H13NO/c1-10-12(9-23)8-22-18(10)15(5-6-21-22)26-13-3-4-14-16(7-13)25-11(2)17(14)19(20)24;1-6(8)3-4-7(2)5-6/h3-9H,1-2H3,(H2,20,24);8H,3-5H2,1-2H3. The molecule has 0 bridgehead atoms. The van der Waals surface area contributed by atoms with Crippen LogP contribution in [0, 0.1) is 13.8 Å². The molecule has 1 atom stereocenters. The summed E-state index contributed by atoms with van der Waals surface area (Å²) in [5.74, 6) is 1.02. The van der Waals surface area contributed by atoms with Crippen LogP contribution in [0.5, 0.6) is 11.5 Å². The van der Waals surface area contributed by atoms with Gasteiger partial charge in [0.15, 0.2) is 12.0 Å². The van der Waals surface area contributed by atoms with Crippen molar-refractivity contribution in [3.63, 3.8) is 0 Å². The van der Waals surface area contributed by atoms with Crippen molar-refractivity contribution in [1.29, 1.82) is 0 Å². The molecule has 0 radical (unpaired) electrons. The van der Waals surface area contributed by atoms with E-state index in [9.17, 15) is 14.7 Å². The Morgan fingerprint density at radius 3 is 2.68 bits per heavy atom. The second kappa shape index (κ2) is 8.92. The van der Waals surface area contributed by atoms with Gasteiger partial charge in [0.05, 0.1) is 17.4 Å². The fourth-order valence-corrected chi connectivity index (χ4v) is 4.31. The zero-order valence-corrected chi connectivity index (χ0v) is 19.7. The number of rotatable bonds is 4. The van der Waals surface area contributed by atoms with Crippen molar-refractivity contribution in [2.75, 3.05) is 20.1 Å². The summed E-state index contributed by atoms with van der Waals surface area (Å²) in [5, 5.41) is 14.2. The second-order valence-electron chi connectivity index (χ2n) is 8.96. The Kier molecular flexibility index (Phi) is 6.16. The third-order valence-corrected chi connectivity index (χ3v) is 6.01. The van der Waals surface area contributed by atoms with Gasteiger partial charge in [-0.1, -0.05) is 0 Å². The first-order valence-electron chi connectivity index (χ1n) is 10.9. The molecule has 9 heteroatoms. The van der Waals surface area contributed by atoms with Gasteiger partial charge in [-0.3, -0.25) is 9.59 Å². The lowest BCUT2D eigenvalue weighted by Crippen LogP contribution is -2.27. The van der Waals surface area contributed by atoms with Crippen LogP contribution in [0.3, 0.4) is 0 Å². The van der Waals surface area contributed by atoms with E-state index in [2.05, 4.69) is 10.00 Å². The topological polar surface area (TPSA) is 123 Å². The second-order valence-corrected chi connectivity index (χ2v) is 8.96. The highest BCUT2D eigenvalue weighted by Crippen LogP contribution is 2.33. The molecule has 0 saturated carbocycles. The summed E-state index contributed by atoms with van der Waals surface area (Å²) in [4.78, 5) is 24.9. The number of aliphatic hydroxyl groups is 1. The van der Waals surface area contributed by atoms with E-state index in [-0.39, 0.29) is 0 Å². The van der Waals surface area contributed by atoms with Crippen molar-refractivity contribution in [1.82, 2.24) is 14.5 Å². The molecule has 4 heterocycles. The molecule has 1 unspecified atom stereocenters. The van der Waals surface area contributed by atoms with E-state index in [1.54, 1.807) is 48.1 Å². The van der Waals surface area contributed by atoms with Crippen LogP contribution in [-0.2, 0) is 0 Å². The summed E-state index contributed by atoms with van der Waals surface area (Å²) in [6.45, 7) is 7.28. The highest BCUT2D eigenvalue weighted by molar-refractivity contribution is 6.06. The van der Waals surface area contributed by atoms with Crippen LogP contribution in [0.2, 0.25) is 0 Å². The van der Waals surface area contributed by atoms with Crippen molar-refractivity contribution in [2.45, 2.75) is 32.8 Å². The number of nitrogens with zero attached hydrogens (tertiary/aromatic N) is 3. The van der Waals surface area contributed by atoms with Crippen molar-refractivity contribution >= 4 is 28.7 Å². The molecule has 1 fully saturated rings. The lowest BCUT2D eigenvalue weighted by atomic mass is 10.1. The fourth-order valence-electron chi connectivity index (χ4n) is 4.31. The zero-order chi connectivity index (χ0) is 24.6. The van der Waals surface area contributed by atoms with E-state index in [1.807, 2.05) is 20.9 Å². The van der Waals surface area contributed by atoms with E-state index in [1.165, 1.54) is 0 Å². The number of carbonyl (C=O) groups excluding carboxylic acids is 2. The van der Waals surface area contributed by atoms with Gasteiger partial charge in [0.1, 0.15) is 22.6 Å². The van der Waals surface area contributed by atoms with E-state index in [0.717, 1.165) is 31.4 Å². The minimum Gasteiger partial charge on any atom is -0.460 e. The monoisotopic (exact) mass is 464 g/mol. The molecule has 5 rings (SSSR count). The number of likely N-dealkylation sites (N-methyl/N-ethyl adjacent to an activating group) is 1. The summed E-state index contributed by atoms with van der Waals surface area (Å²) < 4.78 is 13.2. The van der Waals surface area contributed by atoms with Crippen molar-refractivity contribution in [2.24, 2.45) is 5.73 Å². The van der Waals surface area contributed by atoms with E-state index < -0.39 is 11.5 Å². The smallest absolute Gasteiger partial charge is 0.252 e. The van der Waals surface area contributed by atoms with Crippen LogP contribution in [0.4, 0.5) is 0 Å². The number of hydrogen-bond acceptors (Lipinski definition) is 7. The first-order chi connectivity index (χ1) is 16.1. The van der Waals surface area contributed by atoms with Crippen LogP contribution in [0.25, 0.3) is 16.5 Å². The maximum absolute atomic E-state index is 11.6. The molecule has 4 aromatic rings. The van der Waals surface area contributed by atoms with E-state index in [0.29, 0.717) is 44.9 Å². The molecule has 34 heavy (non-hydrogen) atoms. The largest absolute Gasteiger partial charge is 0.460 e. The molecule has 9 nitrogen and oxygen atoms in total. The van der Waals surface area contributed by atoms with Gasteiger partial charge >= 0.3 is 0 Å². The van der Waals surface area contributed by atoms with Gasteiger partial charge in [-0.15, -0.1) is 0 Å². The number of nitrogens with two attached hydrogens (primary N) is 1. The van der Waals surface area contributed by atoms with Gasteiger partial charge in [0.2, 0.25) is 0 Å².